The van der Waals surface area contributed by atoms with Crippen molar-refractivity contribution in [3.8, 4) is 0 Å². The number of ether oxygens (including phenoxy) is 1. The Balaban J connectivity index is 1.78. The maximum Gasteiger partial charge on any atom is 0.435 e. The van der Waals surface area contributed by atoms with E-state index in [0.717, 1.165) is 23.8 Å². The van der Waals surface area contributed by atoms with E-state index in [1.54, 1.807) is 18.5 Å². The number of nitrogens with one attached hydrogen (secondary N) is 1. The summed E-state index contributed by atoms with van der Waals surface area (Å²) in [7, 11) is 2.83. The average Bonchev–Trinajstić information content (AvgIpc) is 3.12. The molecule has 1 unspecified atom stereocenters. The standard InChI is InChI=1S/C17H20F3N5O6S3/c1-8-22-23-15(24(8)2)33-5-9-4-32-14-17(31-3,13(29)25(14)11(9)12(27)28)21-10(26)6-34(30)16(19,20)7-18/h14H,4-7H2,1-3H3,(H,21,26)(H,27,28)/t14-,17-,34?/m0/s1. The number of fused-ring (bicyclic) bond motifs is 1. The number of aryl methyl sites for hydroxylation is 1. The number of carboxylic acid groups (broad SMARTS) is 1. The van der Waals surface area contributed by atoms with E-state index in [1.165, 1.54) is 11.8 Å². The third kappa shape index (κ3) is 4.62. The number of nitrogens with zero attached hydrogens (tertiary/aromatic N) is 4. The van der Waals surface area contributed by atoms with Crippen LogP contribution in [0.3, 0.4) is 0 Å². The molecule has 3 atom stereocenters. The molecule has 0 aliphatic carbocycles. The Hall–Kier alpha value is -1.95. The summed E-state index contributed by atoms with van der Waals surface area (Å²) >= 11 is -0.835. The van der Waals surface area contributed by atoms with Crippen LogP contribution < -0.4 is 5.32 Å². The summed E-state index contributed by atoms with van der Waals surface area (Å²) in [6.07, 6.45) is 0. The van der Waals surface area contributed by atoms with Gasteiger partial charge in [-0.1, -0.05) is 11.8 Å². The molecule has 1 aromatic rings. The van der Waals surface area contributed by atoms with Gasteiger partial charge in [-0.2, -0.15) is 8.78 Å². The van der Waals surface area contributed by atoms with Crippen molar-refractivity contribution in [1.29, 1.82) is 0 Å². The molecular formula is C17H20F3N5O6S3. The van der Waals surface area contributed by atoms with Gasteiger partial charge in [-0.15, -0.1) is 22.0 Å². The Morgan fingerprint density at radius 3 is 2.68 bits per heavy atom. The molecule has 2 aliphatic rings. The quantitative estimate of drug-likeness (QED) is 0.182. The minimum atomic E-state index is -4.22. The summed E-state index contributed by atoms with van der Waals surface area (Å²) in [6.45, 7) is -0.458. The minimum absolute atomic E-state index is 0.159. The van der Waals surface area contributed by atoms with E-state index in [4.69, 9.17) is 4.74 Å². The number of alkyl halides is 3. The number of thioether (sulfide) groups is 2. The van der Waals surface area contributed by atoms with Crippen molar-refractivity contribution in [1.82, 2.24) is 25.0 Å². The molecule has 1 fully saturated rings. The number of carboxylic acids is 1. The number of hydrogen-bond donors (Lipinski definition) is 2. The topological polar surface area (TPSA) is 150 Å². The van der Waals surface area contributed by atoms with Crippen molar-refractivity contribution < 1.29 is 42.0 Å². The number of carbonyl (C=O) groups is 3. The molecular weight excluding hydrogens is 523 g/mol. The normalized spacial score (nSPS) is 23.4. The zero-order valence-electron chi connectivity index (χ0n) is 18.0. The van der Waals surface area contributed by atoms with Gasteiger partial charge >= 0.3 is 11.2 Å². The van der Waals surface area contributed by atoms with Gasteiger partial charge in [0.25, 0.3) is 17.5 Å². The summed E-state index contributed by atoms with van der Waals surface area (Å²) < 4.78 is 57.3. The van der Waals surface area contributed by atoms with Crippen molar-refractivity contribution >= 4 is 52.5 Å². The van der Waals surface area contributed by atoms with Gasteiger partial charge in [-0.25, -0.2) is 9.18 Å². The van der Waals surface area contributed by atoms with Gasteiger partial charge < -0.3 is 24.3 Å². The van der Waals surface area contributed by atoms with Crippen LogP contribution in [-0.4, -0.2) is 94.5 Å². The Morgan fingerprint density at radius 2 is 2.15 bits per heavy atom. The number of carbonyl (C=O) groups excluding carboxylic acids is 2. The highest BCUT2D eigenvalue weighted by atomic mass is 32.2. The number of methoxy groups -OCH3 is 1. The first-order valence-corrected chi connectivity index (χ1v) is 12.8. The number of β-lactam (4-membered cyclic amide) rings is 1. The lowest BCUT2D eigenvalue weighted by Crippen LogP contribution is -2.81. The van der Waals surface area contributed by atoms with Gasteiger partial charge in [-0.3, -0.25) is 14.5 Å². The van der Waals surface area contributed by atoms with Crippen molar-refractivity contribution in [2.45, 2.75) is 28.4 Å². The predicted molar refractivity (Wildman–Crippen MR) is 116 cm³/mol. The maximum atomic E-state index is 13.2. The fourth-order valence-corrected chi connectivity index (χ4v) is 6.43. The highest BCUT2D eigenvalue weighted by Crippen LogP contribution is 2.47. The fourth-order valence-electron chi connectivity index (χ4n) is 3.25. The van der Waals surface area contributed by atoms with Crippen LogP contribution >= 0.6 is 23.5 Å². The van der Waals surface area contributed by atoms with E-state index in [0.29, 0.717) is 16.6 Å². The number of amides is 2. The zero-order chi connectivity index (χ0) is 25.4. The molecule has 2 aliphatic heterocycles. The van der Waals surface area contributed by atoms with E-state index in [2.05, 4.69) is 15.5 Å². The molecule has 3 rings (SSSR count). The first-order chi connectivity index (χ1) is 15.9. The van der Waals surface area contributed by atoms with Crippen LogP contribution in [0.2, 0.25) is 0 Å². The van der Waals surface area contributed by atoms with E-state index in [9.17, 15) is 37.2 Å². The molecule has 17 heteroatoms. The van der Waals surface area contributed by atoms with E-state index >= 15 is 0 Å². The van der Waals surface area contributed by atoms with Crippen LogP contribution in [0.4, 0.5) is 13.2 Å². The predicted octanol–water partition coefficient (Wildman–Crippen LogP) is 0.239. The lowest BCUT2D eigenvalue weighted by molar-refractivity contribution is -0.192. The number of aromatic nitrogens is 3. The van der Waals surface area contributed by atoms with Crippen LogP contribution in [0.5, 0.6) is 0 Å². The molecule has 0 saturated carbocycles. The summed E-state index contributed by atoms with van der Waals surface area (Å²) in [4.78, 5) is 38.1. The van der Waals surface area contributed by atoms with Gasteiger partial charge in [0.2, 0.25) is 6.67 Å². The second-order valence-corrected chi connectivity index (χ2v) is 10.8. The van der Waals surface area contributed by atoms with Crippen LogP contribution in [0.25, 0.3) is 0 Å². The highest BCUT2D eigenvalue weighted by Gasteiger charge is 2.67. The van der Waals surface area contributed by atoms with Gasteiger partial charge in [0, 0.05) is 36.8 Å². The van der Waals surface area contributed by atoms with E-state index in [-0.39, 0.29) is 17.2 Å². The largest absolute Gasteiger partial charge is 0.611 e. The molecule has 34 heavy (non-hydrogen) atoms. The number of rotatable bonds is 10. The lowest BCUT2D eigenvalue weighted by atomic mass is 9.98. The Bertz CT molecular complexity index is 1040. The van der Waals surface area contributed by atoms with Gasteiger partial charge in [-0.05, 0) is 12.5 Å². The highest BCUT2D eigenvalue weighted by molar-refractivity contribution is 8.01. The number of aliphatic carboxylic acids is 1. The molecule has 3 heterocycles. The van der Waals surface area contributed by atoms with Crippen LogP contribution in [0.15, 0.2) is 16.4 Å². The van der Waals surface area contributed by atoms with E-state index in [1.807, 2.05) is 0 Å². The number of hydrogen-bond acceptors (Lipinski definition) is 9. The second kappa shape index (κ2) is 9.96. The summed E-state index contributed by atoms with van der Waals surface area (Å²) in [5.41, 5.74) is -1.90. The smallest absolute Gasteiger partial charge is 0.435 e. The van der Waals surface area contributed by atoms with E-state index < -0.39 is 57.7 Å². The van der Waals surface area contributed by atoms with Crippen molar-refractivity contribution in [3.63, 3.8) is 0 Å². The monoisotopic (exact) mass is 543 g/mol. The van der Waals surface area contributed by atoms with Gasteiger partial charge in [0.15, 0.2) is 10.9 Å². The van der Waals surface area contributed by atoms with Crippen molar-refractivity contribution in [3.05, 3.63) is 17.1 Å². The molecule has 0 radical (unpaired) electrons. The van der Waals surface area contributed by atoms with Crippen LogP contribution in [-0.2, 0) is 37.3 Å². The van der Waals surface area contributed by atoms with Crippen molar-refractivity contribution in [2.24, 2.45) is 7.05 Å². The first kappa shape index (κ1) is 26.7. The fraction of sp³-hybridized carbons (Fsp3) is 0.588. The molecule has 1 saturated heterocycles. The summed E-state index contributed by atoms with van der Waals surface area (Å²) in [5.74, 6) is -3.79. The first-order valence-electron chi connectivity index (χ1n) is 9.47. The molecule has 0 spiro atoms. The molecule has 0 bridgehead atoms. The van der Waals surface area contributed by atoms with Crippen molar-refractivity contribution in [2.75, 3.05) is 31.0 Å². The molecule has 2 N–H and O–H groups in total. The summed E-state index contributed by atoms with van der Waals surface area (Å²) in [6, 6.07) is 0. The molecule has 0 aromatic carbocycles. The minimum Gasteiger partial charge on any atom is -0.611 e. The maximum absolute atomic E-state index is 13.2. The molecule has 1 aromatic heterocycles. The van der Waals surface area contributed by atoms with Crippen LogP contribution in [0.1, 0.15) is 5.82 Å². The SMILES string of the molecule is CO[C@@]1(NC(=O)C[S+]([O-])C(F)(F)CF)C(=O)N2C(C(=O)O)=C(CSc3nnc(C)n3C)CS[C@H]21. The Kier molecular flexibility index (Phi) is 7.81. The second-order valence-electron chi connectivity index (χ2n) is 7.22. The summed E-state index contributed by atoms with van der Waals surface area (Å²) in [5, 5.41) is 15.1. The lowest BCUT2D eigenvalue weighted by Gasteiger charge is -2.55. The molecule has 11 nitrogen and oxygen atoms in total. The average molecular weight is 544 g/mol. The Morgan fingerprint density at radius 1 is 1.47 bits per heavy atom. The third-order valence-electron chi connectivity index (χ3n) is 5.14. The number of halogens is 3. The molecule has 2 amide bonds. The molecule has 188 valence electrons. The zero-order valence-corrected chi connectivity index (χ0v) is 20.5. The Labute approximate surface area is 203 Å². The third-order valence-corrected chi connectivity index (χ3v) is 8.92. The van der Waals surface area contributed by atoms with Gasteiger partial charge in [0.1, 0.15) is 16.9 Å². The van der Waals surface area contributed by atoms with Gasteiger partial charge in [0.05, 0.1) is 0 Å². The van der Waals surface area contributed by atoms with Crippen LogP contribution in [0, 0.1) is 6.92 Å².